The summed E-state index contributed by atoms with van der Waals surface area (Å²) in [5.74, 6) is 0.835. The Kier molecular flexibility index (Phi) is 7.52. The normalized spacial score (nSPS) is 11.2. The lowest BCUT2D eigenvalue weighted by Gasteiger charge is -2.31. The zero-order chi connectivity index (χ0) is 19.7. The number of ether oxygens (including phenoxy) is 5. The molecule has 0 aliphatic carbocycles. The van der Waals surface area contributed by atoms with Crippen LogP contribution in [-0.4, -0.2) is 39.5 Å². The topological polar surface area (TPSA) is 92.3 Å². The first-order chi connectivity index (χ1) is 13.1. The van der Waals surface area contributed by atoms with Crippen molar-refractivity contribution in [2.45, 2.75) is 5.65 Å². The molecule has 0 radical (unpaired) electrons. The van der Waals surface area contributed by atoms with E-state index >= 15 is 0 Å². The fourth-order valence-electron chi connectivity index (χ4n) is 2.18. The molecule has 0 saturated heterocycles. The quantitative estimate of drug-likeness (QED) is 0.372. The van der Waals surface area contributed by atoms with E-state index in [1.165, 1.54) is 21.3 Å². The van der Waals surface area contributed by atoms with Gasteiger partial charge in [-0.05, 0) is 24.3 Å². The smallest absolute Gasteiger partial charge is 0.361 e. The molecule has 0 spiro atoms. The minimum absolute atomic E-state index is 0.282. The summed E-state index contributed by atoms with van der Waals surface area (Å²) in [6.07, 6.45) is 0. The van der Waals surface area contributed by atoms with Gasteiger partial charge in [-0.2, -0.15) is 0 Å². The number of hydrogen-bond donors (Lipinski definition) is 1. The second-order valence-electron chi connectivity index (χ2n) is 5.22. The van der Waals surface area contributed by atoms with Gasteiger partial charge >= 0.3 is 11.6 Å². The molecule has 1 atom stereocenters. The molecule has 1 N–H and O–H groups in total. The van der Waals surface area contributed by atoms with Crippen molar-refractivity contribution in [1.82, 2.24) is 5.32 Å². The molecule has 0 aromatic heterocycles. The zero-order valence-electron chi connectivity index (χ0n) is 15.3. The molecule has 2 aromatic carbocycles. The molecule has 27 heavy (non-hydrogen) atoms. The number of methoxy groups -OCH3 is 3. The van der Waals surface area contributed by atoms with Gasteiger partial charge in [0, 0.05) is 0 Å². The molecule has 2 rings (SSSR count). The second kappa shape index (κ2) is 9.85. The molecule has 0 heterocycles. The molecule has 146 valence electrons. The molecular weight excluding hydrogens is 373 g/mol. The number of benzene rings is 2. The van der Waals surface area contributed by atoms with E-state index < -0.39 is 20.1 Å². The predicted molar refractivity (Wildman–Crippen MR) is 100 cm³/mol. The van der Waals surface area contributed by atoms with Crippen molar-refractivity contribution in [2.75, 3.05) is 27.9 Å². The molecule has 0 saturated carbocycles. The van der Waals surface area contributed by atoms with Crippen LogP contribution in [0.5, 0.6) is 23.0 Å². The largest absolute Gasteiger partial charge is 0.493 e. The first kappa shape index (κ1) is 20.6. The van der Waals surface area contributed by atoms with Crippen molar-refractivity contribution >= 4 is 14.4 Å². The van der Waals surface area contributed by atoms with Crippen LogP contribution < -0.4 is 24.3 Å². The van der Waals surface area contributed by atoms with Crippen molar-refractivity contribution in [3.8, 4) is 23.0 Å². The number of esters is 1. The number of para-hydroxylation sites is 4. The van der Waals surface area contributed by atoms with Crippen LogP contribution in [0, 0.1) is 0 Å². The third-order valence-corrected chi connectivity index (χ3v) is 4.27. The Labute approximate surface area is 158 Å². The van der Waals surface area contributed by atoms with Crippen molar-refractivity contribution in [2.24, 2.45) is 0 Å². The SMILES string of the molecule is COC(=O)CNC(Oc1ccccc1OC)(Oc1ccccc1OC)[PH2]=O. The molecule has 2 aromatic rings. The standard InChI is InChI=1S/C18H22NO7P/c1-22-13-8-4-6-10-15(13)25-18(27-21,19-12-17(20)24-3)26-16-11-7-5-9-14(16)23-2/h4-11,19H,12,27H2,1-3H3. The van der Waals surface area contributed by atoms with Gasteiger partial charge in [0.2, 0.25) is 0 Å². The summed E-state index contributed by atoms with van der Waals surface area (Å²) in [5.41, 5.74) is -1.82. The van der Waals surface area contributed by atoms with Gasteiger partial charge in [0.15, 0.2) is 31.5 Å². The van der Waals surface area contributed by atoms with Gasteiger partial charge in [0.05, 0.1) is 21.3 Å². The average molecular weight is 395 g/mol. The Hall–Kier alpha value is -2.70. The van der Waals surface area contributed by atoms with E-state index in [1.54, 1.807) is 48.5 Å². The molecule has 0 amide bonds. The summed E-state index contributed by atoms with van der Waals surface area (Å²) in [6, 6.07) is 13.6. The maximum absolute atomic E-state index is 12.2. The van der Waals surface area contributed by atoms with Crippen molar-refractivity contribution in [3.63, 3.8) is 0 Å². The van der Waals surface area contributed by atoms with Crippen LogP contribution in [-0.2, 0) is 14.1 Å². The summed E-state index contributed by atoms with van der Waals surface area (Å²) in [7, 11) is 2.49. The third-order valence-electron chi connectivity index (χ3n) is 3.52. The number of rotatable bonds is 10. The van der Waals surface area contributed by atoms with Crippen LogP contribution >= 0.6 is 8.46 Å². The molecule has 8 nitrogen and oxygen atoms in total. The van der Waals surface area contributed by atoms with Crippen molar-refractivity contribution in [3.05, 3.63) is 48.5 Å². The van der Waals surface area contributed by atoms with Crippen LogP contribution in [0.15, 0.2) is 48.5 Å². The van der Waals surface area contributed by atoms with Gasteiger partial charge in [-0.25, -0.2) is 5.32 Å². The number of carbonyl (C=O) groups is 1. The highest BCUT2D eigenvalue weighted by Crippen LogP contribution is 2.37. The fourth-order valence-corrected chi connectivity index (χ4v) is 2.72. The second-order valence-corrected chi connectivity index (χ2v) is 6.22. The van der Waals surface area contributed by atoms with Crippen LogP contribution in [0.2, 0.25) is 0 Å². The Morgan fingerprint density at radius 2 is 1.33 bits per heavy atom. The lowest BCUT2D eigenvalue weighted by Crippen LogP contribution is -2.52. The lowest BCUT2D eigenvalue weighted by molar-refractivity contribution is -0.142. The van der Waals surface area contributed by atoms with Gasteiger partial charge in [-0.1, -0.05) is 24.3 Å². The lowest BCUT2D eigenvalue weighted by atomic mass is 10.3. The summed E-state index contributed by atoms with van der Waals surface area (Å²) in [5, 5.41) is 2.73. The maximum Gasteiger partial charge on any atom is 0.361 e. The number of nitrogens with one attached hydrogen (secondary N) is 1. The highest BCUT2D eigenvalue weighted by molar-refractivity contribution is 7.25. The Bertz CT molecular complexity index is 734. The summed E-state index contributed by atoms with van der Waals surface area (Å²) in [6.45, 7) is -0.282. The van der Waals surface area contributed by atoms with Crippen molar-refractivity contribution in [1.29, 1.82) is 0 Å². The van der Waals surface area contributed by atoms with Gasteiger partial charge in [0.1, 0.15) is 6.54 Å². The van der Waals surface area contributed by atoms with E-state index in [2.05, 4.69) is 10.1 Å². The van der Waals surface area contributed by atoms with E-state index in [0.717, 1.165) is 0 Å². The van der Waals surface area contributed by atoms with Crippen LogP contribution in [0.3, 0.4) is 0 Å². The van der Waals surface area contributed by atoms with Crippen molar-refractivity contribution < 1.29 is 33.0 Å². The van der Waals surface area contributed by atoms with E-state index in [4.69, 9.17) is 18.9 Å². The van der Waals surface area contributed by atoms with Crippen LogP contribution in [0.4, 0.5) is 0 Å². The molecule has 0 bridgehead atoms. The first-order valence-corrected chi connectivity index (χ1v) is 9.04. The van der Waals surface area contributed by atoms with Gasteiger partial charge in [0.25, 0.3) is 0 Å². The zero-order valence-corrected chi connectivity index (χ0v) is 16.4. The average Bonchev–Trinajstić information content (AvgIpc) is 2.72. The monoisotopic (exact) mass is 395 g/mol. The van der Waals surface area contributed by atoms with Crippen LogP contribution in [0.1, 0.15) is 0 Å². The Morgan fingerprint density at radius 3 is 1.70 bits per heavy atom. The van der Waals surface area contributed by atoms with Gasteiger partial charge < -0.3 is 28.2 Å². The molecule has 0 aliphatic heterocycles. The van der Waals surface area contributed by atoms with E-state index in [1.807, 2.05) is 0 Å². The maximum atomic E-state index is 12.2. The molecule has 0 fully saturated rings. The minimum Gasteiger partial charge on any atom is -0.493 e. The van der Waals surface area contributed by atoms with Gasteiger partial charge in [-0.3, -0.25) is 4.79 Å². The fraction of sp³-hybridized carbons (Fsp3) is 0.278. The predicted octanol–water partition coefficient (Wildman–Crippen LogP) is 2.29. The molecular formula is C18H22NO7P. The van der Waals surface area contributed by atoms with E-state index in [9.17, 15) is 9.36 Å². The number of carbonyl (C=O) groups excluding carboxylic acids is 1. The first-order valence-electron chi connectivity index (χ1n) is 7.99. The highest BCUT2D eigenvalue weighted by atomic mass is 31.1. The molecule has 9 heteroatoms. The third kappa shape index (κ3) is 5.39. The summed E-state index contributed by atoms with van der Waals surface area (Å²) >= 11 is 0. The molecule has 1 unspecified atom stereocenters. The highest BCUT2D eigenvalue weighted by Gasteiger charge is 2.36. The minimum atomic E-state index is -1.82. The van der Waals surface area contributed by atoms with E-state index in [-0.39, 0.29) is 18.0 Å². The van der Waals surface area contributed by atoms with Crippen LogP contribution in [0.25, 0.3) is 0 Å². The Morgan fingerprint density at radius 1 is 0.889 bits per heavy atom. The summed E-state index contributed by atoms with van der Waals surface area (Å²) < 4.78 is 39.1. The molecule has 0 aliphatic rings. The Balaban J connectivity index is 2.39. The number of hydrogen-bond acceptors (Lipinski definition) is 8. The van der Waals surface area contributed by atoms with Gasteiger partial charge in [-0.15, -0.1) is 0 Å². The summed E-state index contributed by atoms with van der Waals surface area (Å²) in [4.78, 5) is 11.6. The van der Waals surface area contributed by atoms with E-state index in [0.29, 0.717) is 11.5 Å².